The van der Waals surface area contributed by atoms with Gasteiger partial charge in [-0.3, -0.25) is 4.79 Å². The van der Waals surface area contributed by atoms with E-state index in [4.69, 9.17) is 17.0 Å². The molecule has 0 unspecified atom stereocenters. The van der Waals surface area contributed by atoms with E-state index in [1.165, 1.54) is 35.2 Å². The van der Waals surface area contributed by atoms with Crippen LogP contribution in [0.2, 0.25) is 0 Å². The highest BCUT2D eigenvalue weighted by molar-refractivity contribution is 8.02. The number of hydrogen-bond donors (Lipinski definition) is 0. The fraction of sp³-hybridized carbons (Fsp3) is 0.250. The molecule has 1 saturated heterocycles. The van der Waals surface area contributed by atoms with Crippen LogP contribution in [0, 0.1) is 9.77 Å². The Bertz CT molecular complexity index is 695. The van der Waals surface area contributed by atoms with E-state index in [-0.39, 0.29) is 17.0 Å². The SMILES string of the molecule is O=C1OCC[C@H]1Sc1nn(-c2ccc(F)cc2)c(=S)s1. The van der Waals surface area contributed by atoms with Crippen LogP contribution < -0.4 is 0 Å². The summed E-state index contributed by atoms with van der Waals surface area (Å²) in [5.41, 5.74) is 0.702. The number of esters is 1. The average molecular weight is 328 g/mol. The van der Waals surface area contributed by atoms with E-state index in [1.807, 2.05) is 0 Å². The molecule has 3 rings (SSSR count). The molecule has 1 aromatic heterocycles. The van der Waals surface area contributed by atoms with Gasteiger partial charge in [0.15, 0.2) is 8.29 Å². The fourth-order valence-corrected chi connectivity index (χ4v) is 4.33. The number of halogens is 1. The molecule has 8 heteroatoms. The van der Waals surface area contributed by atoms with Crippen molar-refractivity contribution < 1.29 is 13.9 Å². The van der Waals surface area contributed by atoms with Crippen molar-refractivity contribution in [3.05, 3.63) is 34.0 Å². The second-order valence-corrected chi connectivity index (χ2v) is 7.16. The smallest absolute Gasteiger partial charge is 0.319 e. The van der Waals surface area contributed by atoms with Gasteiger partial charge < -0.3 is 4.74 Å². The van der Waals surface area contributed by atoms with Crippen molar-refractivity contribution in [1.29, 1.82) is 0 Å². The minimum atomic E-state index is -0.307. The van der Waals surface area contributed by atoms with E-state index >= 15 is 0 Å². The zero-order valence-corrected chi connectivity index (χ0v) is 12.6. The summed E-state index contributed by atoms with van der Waals surface area (Å²) in [6, 6.07) is 5.95. The fourth-order valence-electron chi connectivity index (χ4n) is 1.76. The minimum absolute atomic E-state index is 0.204. The van der Waals surface area contributed by atoms with E-state index in [9.17, 15) is 9.18 Å². The summed E-state index contributed by atoms with van der Waals surface area (Å²) in [5, 5.41) is 4.16. The molecule has 0 radical (unpaired) electrons. The maximum Gasteiger partial charge on any atom is 0.319 e. The quantitative estimate of drug-likeness (QED) is 0.639. The molecule has 1 aliphatic heterocycles. The Kier molecular flexibility index (Phi) is 3.86. The molecule has 0 bridgehead atoms. The summed E-state index contributed by atoms with van der Waals surface area (Å²) in [5.74, 6) is -0.511. The lowest BCUT2D eigenvalue weighted by Gasteiger charge is -2.01. The first-order valence-corrected chi connectivity index (χ1v) is 7.93. The first-order valence-electron chi connectivity index (χ1n) is 5.83. The van der Waals surface area contributed by atoms with Gasteiger partial charge in [0, 0.05) is 6.42 Å². The highest BCUT2D eigenvalue weighted by Crippen LogP contribution is 2.32. The third-order valence-electron chi connectivity index (χ3n) is 2.73. The van der Waals surface area contributed by atoms with Gasteiger partial charge in [-0.15, -0.1) is 5.10 Å². The molecule has 0 N–H and O–H groups in total. The molecule has 2 heterocycles. The van der Waals surface area contributed by atoms with Gasteiger partial charge in [-0.05, 0) is 36.5 Å². The lowest BCUT2D eigenvalue weighted by atomic mass is 10.3. The van der Waals surface area contributed by atoms with E-state index in [2.05, 4.69) is 5.10 Å². The summed E-state index contributed by atoms with van der Waals surface area (Å²) in [6.45, 7) is 0.459. The van der Waals surface area contributed by atoms with Crippen LogP contribution in [0.5, 0.6) is 0 Å². The first-order chi connectivity index (χ1) is 9.63. The van der Waals surface area contributed by atoms with E-state index in [1.54, 1.807) is 16.8 Å². The summed E-state index contributed by atoms with van der Waals surface area (Å²) in [7, 11) is 0. The minimum Gasteiger partial charge on any atom is -0.465 e. The molecule has 1 atom stereocenters. The molecule has 1 aliphatic rings. The lowest BCUT2D eigenvalue weighted by Crippen LogP contribution is -2.09. The third-order valence-corrected chi connectivity index (χ3v) is 5.29. The molecule has 20 heavy (non-hydrogen) atoms. The van der Waals surface area contributed by atoms with Gasteiger partial charge in [0.25, 0.3) is 0 Å². The molecule has 0 spiro atoms. The molecule has 0 amide bonds. The summed E-state index contributed by atoms with van der Waals surface area (Å²) < 4.78 is 20.7. The number of carbonyl (C=O) groups excluding carboxylic acids is 1. The Morgan fingerprint density at radius 2 is 2.20 bits per heavy atom. The van der Waals surface area contributed by atoms with Gasteiger partial charge in [0.05, 0.1) is 12.3 Å². The topological polar surface area (TPSA) is 44.1 Å². The second kappa shape index (κ2) is 5.63. The number of carbonyl (C=O) groups is 1. The maximum atomic E-state index is 12.9. The first kappa shape index (κ1) is 13.7. The Labute approximate surface area is 127 Å². The predicted molar refractivity (Wildman–Crippen MR) is 77.5 cm³/mol. The van der Waals surface area contributed by atoms with Crippen molar-refractivity contribution in [3.8, 4) is 5.69 Å². The standard InChI is InChI=1S/C12H9FN2O2S3/c13-7-1-3-8(4-2-7)15-12(18)20-11(14-15)19-9-5-6-17-10(9)16/h1-4,9H,5-6H2/t9-/m1/s1. The van der Waals surface area contributed by atoms with Crippen LogP contribution in [-0.4, -0.2) is 27.6 Å². The number of aromatic nitrogens is 2. The Morgan fingerprint density at radius 1 is 1.45 bits per heavy atom. The lowest BCUT2D eigenvalue weighted by molar-refractivity contribution is -0.137. The largest absolute Gasteiger partial charge is 0.465 e. The number of ether oxygens (including phenoxy) is 1. The van der Waals surface area contributed by atoms with Gasteiger partial charge in [-0.1, -0.05) is 23.1 Å². The predicted octanol–water partition coefficient (Wildman–Crippen LogP) is 3.21. The van der Waals surface area contributed by atoms with Crippen LogP contribution in [0.15, 0.2) is 28.6 Å². The van der Waals surface area contributed by atoms with Gasteiger partial charge in [0.2, 0.25) is 0 Å². The molecule has 4 nitrogen and oxygen atoms in total. The molecule has 2 aromatic rings. The number of hydrogen-bond acceptors (Lipinski definition) is 6. The third kappa shape index (κ3) is 2.77. The van der Waals surface area contributed by atoms with Crippen LogP contribution >= 0.6 is 35.3 Å². The van der Waals surface area contributed by atoms with Gasteiger partial charge in [-0.2, -0.15) is 0 Å². The molecule has 0 saturated carbocycles. The van der Waals surface area contributed by atoms with Crippen molar-refractivity contribution in [2.45, 2.75) is 16.0 Å². The highest BCUT2D eigenvalue weighted by atomic mass is 32.2. The molecule has 1 aromatic carbocycles. The van der Waals surface area contributed by atoms with Gasteiger partial charge >= 0.3 is 5.97 Å². The van der Waals surface area contributed by atoms with Crippen molar-refractivity contribution in [1.82, 2.24) is 9.78 Å². The molecular formula is C12H9FN2O2S3. The Hall–Kier alpha value is -1.25. The number of thioether (sulfide) groups is 1. The van der Waals surface area contributed by atoms with E-state index in [0.29, 0.717) is 27.0 Å². The zero-order chi connectivity index (χ0) is 14.1. The Balaban J connectivity index is 1.85. The van der Waals surface area contributed by atoms with E-state index < -0.39 is 0 Å². The van der Waals surface area contributed by atoms with Crippen LogP contribution in [0.25, 0.3) is 5.69 Å². The summed E-state index contributed by atoms with van der Waals surface area (Å²) in [4.78, 5) is 11.4. The average Bonchev–Trinajstić information content (AvgIpc) is 2.98. The van der Waals surface area contributed by atoms with Crippen molar-refractivity contribution >= 4 is 41.3 Å². The zero-order valence-electron chi connectivity index (χ0n) is 10.1. The van der Waals surface area contributed by atoms with Gasteiger partial charge in [0.1, 0.15) is 11.1 Å². The Morgan fingerprint density at radius 3 is 2.85 bits per heavy atom. The van der Waals surface area contributed by atoms with Crippen molar-refractivity contribution in [2.75, 3.05) is 6.61 Å². The maximum absolute atomic E-state index is 12.9. The van der Waals surface area contributed by atoms with Crippen molar-refractivity contribution in [2.24, 2.45) is 0 Å². The van der Waals surface area contributed by atoms with Crippen LogP contribution in [0.1, 0.15) is 6.42 Å². The highest BCUT2D eigenvalue weighted by Gasteiger charge is 2.28. The normalized spacial score (nSPS) is 18.2. The van der Waals surface area contributed by atoms with Crippen LogP contribution in [0.4, 0.5) is 4.39 Å². The van der Waals surface area contributed by atoms with Gasteiger partial charge in [-0.25, -0.2) is 9.07 Å². The van der Waals surface area contributed by atoms with Crippen LogP contribution in [0.3, 0.4) is 0 Å². The number of nitrogens with zero attached hydrogens (tertiary/aromatic N) is 2. The molecule has 0 aliphatic carbocycles. The van der Waals surface area contributed by atoms with Crippen LogP contribution in [-0.2, 0) is 9.53 Å². The van der Waals surface area contributed by atoms with E-state index in [0.717, 1.165) is 0 Å². The number of rotatable bonds is 3. The summed E-state index contributed by atoms with van der Waals surface area (Å²) in [6.07, 6.45) is 0.687. The number of cyclic esters (lactones) is 1. The molecule has 1 fully saturated rings. The molecule has 104 valence electrons. The second-order valence-electron chi connectivity index (χ2n) is 4.08. The van der Waals surface area contributed by atoms with Crippen molar-refractivity contribution in [3.63, 3.8) is 0 Å². The molecular weight excluding hydrogens is 319 g/mol. The summed E-state index contributed by atoms with van der Waals surface area (Å²) >= 11 is 7.95. The monoisotopic (exact) mass is 328 g/mol. The number of benzene rings is 1.